The van der Waals surface area contributed by atoms with Crippen LogP contribution in [0.4, 0.5) is 4.39 Å². The van der Waals surface area contributed by atoms with Crippen LogP contribution in [0.2, 0.25) is 5.02 Å². The van der Waals surface area contributed by atoms with Crippen molar-refractivity contribution < 1.29 is 22.3 Å². The Labute approximate surface area is 151 Å². The van der Waals surface area contributed by atoms with Crippen LogP contribution in [0.1, 0.15) is 44.0 Å². The number of nitrogens with one attached hydrogen (secondary N) is 1. The van der Waals surface area contributed by atoms with Crippen LogP contribution in [0.5, 0.6) is 5.75 Å². The van der Waals surface area contributed by atoms with E-state index in [2.05, 4.69) is 20.8 Å². The van der Waals surface area contributed by atoms with E-state index in [1.54, 1.807) is 4.72 Å². The summed E-state index contributed by atoms with van der Waals surface area (Å²) in [7, 11) is -3.79. The average molecular weight is 390 g/mol. The van der Waals surface area contributed by atoms with Crippen molar-refractivity contribution >= 4 is 27.5 Å². The molecule has 0 saturated heterocycles. The molecule has 0 aromatic heterocycles. The minimum absolute atomic E-state index is 0.0286. The summed E-state index contributed by atoms with van der Waals surface area (Å²) in [6.45, 7) is 6.41. The summed E-state index contributed by atoms with van der Waals surface area (Å²) in [6.07, 6.45) is 2.94. The van der Waals surface area contributed by atoms with E-state index in [0.717, 1.165) is 31.2 Å². The van der Waals surface area contributed by atoms with E-state index in [1.165, 1.54) is 0 Å². The number of amides is 1. The van der Waals surface area contributed by atoms with Gasteiger partial charge in [-0.15, -0.1) is 0 Å². The van der Waals surface area contributed by atoms with Gasteiger partial charge >= 0.3 is 0 Å². The number of hydrogen-bond acceptors (Lipinski definition) is 4. The first-order valence-corrected chi connectivity index (χ1v) is 10.3. The van der Waals surface area contributed by atoms with Crippen LogP contribution in [-0.2, 0) is 10.0 Å². The molecule has 0 spiro atoms. The average Bonchev–Trinajstić information content (AvgIpc) is 2.43. The number of fused-ring (bicyclic) bond motifs is 1. The van der Waals surface area contributed by atoms with E-state index in [1.807, 2.05) is 0 Å². The summed E-state index contributed by atoms with van der Waals surface area (Å²) in [6, 6.07) is 2.14. The van der Waals surface area contributed by atoms with Crippen molar-refractivity contribution in [2.24, 2.45) is 16.7 Å². The lowest BCUT2D eigenvalue weighted by atomic mass is 9.36. The predicted molar refractivity (Wildman–Crippen MR) is 92.7 cm³/mol. The van der Waals surface area contributed by atoms with Crippen molar-refractivity contribution in [2.45, 2.75) is 39.7 Å². The molecule has 3 rings (SSSR count). The molecule has 1 unspecified atom stereocenters. The van der Waals surface area contributed by atoms with Gasteiger partial charge in [0.05, 0.1) is 16.8 Å². The Morgan fingerprint density at radius 2 is 2.00 bits per heavy atom. The molecule has 0 radical (unpaired) electrons. The van der Waals surface area contributed by atoms with Crippen molar-refractivity contribution in [3.63, 3.8) is 0 Å². The lowest BCUT2D eigenvalue weighted by Gasteiger charge is -2.71. The molecule has 8 heteroatoms. The number of carbonyl (C=O) groups excluding carboxylic acids is 1. The summed E-state index contributed by atoms with van der Waals surface area (Å²) in [5, 5.41) is 0.0715. The Morgan fingerprint density at radius 1 is 1.36 bits per heavy atom. The molecular weight excluding hydrogens is 369 g/mol. The van der Waals surface area contributed by atoms with Crippen LogP contribution in [0.15, 0.2) is 12.1 Å². The zero-order chi connectivity index (χ0) is 18.8. The summed E-state index contributed by atoms with van der Waals surface area (Å²) >= 11 is 6.16. The lowest BCUT2D eigenvalue weighted by Crippen LogP contribution is -2.72. The molecule has 0 aliphatic heterocycles. The maximum Gasteiger partial charge on any atom is 0.267 e. The van der Waals surface area contributed by atoms with Gasteiger partial charge in [0.25, 0.3) is 5.91 Å². The van der Waals surface area contributed by atoms with Crippen LogP contribution in [0.25, 0.3) is 0 Å². The maximum atomic E-state index is 14.3. The van der Waals surface area contributed by atoms with Crippen molar-refractivity contribution in [1.82, 2.24) is 4.72 Å². The molecule has 1 aromatic carbocycles. The van der Waals surface area contributed by atoms with Gasteiger partial charge in [-0.2, -0.15) is 0 Å². The molecule has 138 valence electrons. The Bertz CT molecular complexity index is 843. The monoisotopic (exact) mass is 389 g/mol. The zero-order valence-corrected chi connectivity index (χ0v) is 16.1. The summed E-state index contributed by atoms with van der Waals surface area (Å²) in [5.74, 6) is -1.20. The molecule has 0 bridgehead atoms. The highest BCUT2D eigenvalue weighted by atomic mass is 35.5. The second-order valence-corrected chi connectivity index (χ2v) is 10.0. The topological polar surface area (TPSA) is 72.5 Å². The molecule has 0 heterocycles. The molecule has 5 nitrogen and oxygen atoms in total. The smallest absolute Gasteiger partial charge is 0.267 e. The largest absolute Gasteiger partial charge is 0.488 e. The first-order chi connectivity index (χ1) is 11.4. The van der Waals surface area contributed by atoms with E-state index in [9.17, 15) is 17.6 Å². The number of benzene rings is 1. The van der Waals surface area contributed by atoms with Gasteiger partial charge in [-0.1, -0.05) is 32.4 Å². The molecule has 2 aliphatic carbocycles. The third kappa shape index (κ3) is 2.91. The summed E-state index contributed by atoms with van der Waals surface area (Å²) < 4.78 is 44.3. The fourth-order valence-corrected chi connectivity index (χ4v) is 5.30. The molecule has 3 atom stereocenters. The standard InChI is InChI=1S/C17H21ClFNO4S/c1-16(2)13-5-6-17(13,3)15(16)24-12-8-11(19)9(7-10(12)18)14(21)20-25(4,22)23/h7-8,13,15H,5-6H2,1-4H3,(H,20,21)/t13-,15+,17?/m1/s1. The van der Waals surface area contributed by atoms with Gasteiger partial charge < -0.3 is 4.74 Å². The third-order valence-corrected chi connectivity index (χ3v) is 6.58. The molecule has 2 fully saturated rings. The summed E-state index contributed by atoms with van der Waals surface area (Å²) in [5.41, 5.74) is -0.405. The second kappa shape index (κ2) is 5.58. The first-order valence-electron chi connectivity index (χ1n) is 8.04. The van der Waals surface area contributed by atoms with Crippen LogP contribution in [-0.4, -0.2) is 26.7 Å². The van der Waals surface area contributed by atoms with Gasteiger partial charge in [0.2, 0.25) is 10.0 Å². The molecule has 1 N–H and O–H groups in total. The third-order valence-electron chi connectivity index (χ3n) is 5.73. The molecular formula is C17H21ClFNO4S. The van der Waals surface area contributed by atoms with E-state index < -0.39 is 27.3 Å². The number of sulfonamides is 1. The van der Waals surface area contributed by atoms with Gasteiger partial charge in [0.15, 0.2) is 0 Å². The predicted octanol–water partition coefficient (Wildman–Crippen LogP) is 3.37. The number of ether oxygens (including phenoxy) is 1. The maximum absolute atomic E-state index is 14.3. The first kappa shape index (κ1) is 18.5. The van der Waals surface area contributed by atoms with Gasteiger partial charge in [0.1, 0.15) is 17.7 Å². The molecule has 25 heavy (non-hydrogen) atoms. The number of carbonyl (C=O) groups is 1. The van der Waals surface area contributed by atoms with Crippen molar-refractivity contribution in [3.8, 4) is 5.75 Å². The quantitative estimate of drug-likeness (QED) is 0.856. The van der Waals surface area contributed by atoms with Gasteiger partial charge in [0, 0.05) is 16.9 Å². The second-order valence-electron chi connectivity index (χ2n) is 7.88. The lowest BCUT2D eigenvalue weighted by molar-refractivity contribution is -0.264. The fraction of sp³-hybridized carbons (Fsp3) is 0.588. The zero-order valence-electron chi connectivity index (χ0n) is 14.5. The summed E-state index contributed by atoms with van der Waals surface area (Å²) in [4.78, 5) is 11.9. The minimum Gasteiger partial charge on any atom is -0.488 e. The number of halogens is 2. The highest BCUT2D eigenvalue weighted by molar-refractivity contribution is 7.89. The normalized spacial score (nSPS) is 29.8. The van der Waals surface area contributed by atoms with Crippen LogP contribution < -0.4 is 9.46 Å². The van der Waals surface area contributed by atoms with Crippen molar-refractivity contribution in [2.75, 3.05) is 6.26 Å². The van der Waals surface area contributed by atoms with Crippen LogP contribution in [0.3, 0.4) is 0 Å². The fourth-order valence-electron chi connectivity index (χ4n) is 4.65. The van der Waals surface area contributed by atoms with Gasteiger partial charge in [-0.3, -0.25) is 4.79 Å². The number of hydrogen-bond donors (Lipinski definition) is 1. The van der Waals surface area contributed by atoms with Crippen molar-refractivity contribution in [1.29, 1.82) is 0 Å². The van der Waals surface area contributed by atoms with Gasteiger partial charge in [-0.25, -0.2) is 17.5 Å². The molecule has 1 aromatic rings. The highest BCUT2D eigenvalue weighted by Crippen LogP contribution is 2.70. The van der Waals surface area contributed by atoms with Crippen molar-refractivity contribution in [3.05, 3.63) is 28.5 Å². The van der Waals surface area contributed by atoms with Crippen LogP contribution in [0, 0.1) is 22.6 Å². The SMILES string of the molecule is CC1(C)[C@H]2CCC2(C)[C@H]1Oc1cc(F)c(C(=O)NS(C)(=O)=O)cc1Cl. The highest BCUT2D eigenvalue weighted by Gasteiger charge is 2.70. The Hall–Kier alpha value is -1.34. The van der Waals surface area contributed by atoms with E-state index in [-0.39, 0.29) is 27.7 Å². The van der Waals surface area contributed by atoms with Crippen LogP contribution >= 0.6 is 11.6 Å². The molecule has 1 amide bonds. The van der Waals surface area contributed by atoms with E-state index >= 15 is 0 Å². The Kier molecular flexibility index (Phi) is 4.12. The van der Waals surface area contributed by atoms with E-state index in [4.69, 9.17) is 16.3 Å². The Balaban J connectivity index is 1.85. The Morgan fingerprint density at radius 3 is 2.48 bits per heavy atom. The number of rotatable bonds is 4. The molecule has 2 saturated carbocycles. The molecule has 2 aliphatic rings. The minimum atomic E-state index is -3.79. The van der Waals surface area contributed by atoms with Gasteiger partial charge in [-0.05, 0) is 24.8 Å². The van der Waals surface area contributed by atoms with E-state index in [0.29, 0.717) is 5.92 Å².